The maximum absolute atomic E-state index is 8.56. The number of aliphatic hydroxyl groups is 1. The molecule has 0 saturated heterocycles. The Morgan fingerprint density at radius 2 is 0.826 bits per heavy atom. The van der Waals surface area contributed by atoms with Crippen LogP contribution in [0.4, 0.5) is 0 Å². The molecule has 23 heavy (non-hydrogen) atoms. The van der Waals surface area contributed by atoms with Gasteiger partial charge in [-0.15, -0.1) is 0 Å². The zero-order chi connectivity index (χ0) is 16.8. The van der Waals surface area contributed by atoms with Gasteiger partial charge in [0.2, 0.25) is 0 Å². The molecular weight excluding hydrogens is 280 g/mol. The van der Waals surface area contributed by atoms with Gasteiger partial charge < -0.3 is 5.11 Å². The Kier molecular flexibility index (Phi) is 18.5. The van der Waals surface area contributed by atoms with Crippen molar-refractivity contribution in [3.63, 3.8) is 0 Å². The van der Waals surface area contributed by atoms with Gasteiger partial charge in [-0.25, -0.2) is 0 Å². The Labute approximate surface area is 142 Å². The highest BCUT2D eigenvalue weighted by atomic mass is 16.2. The van der Waals surface area contributed by atoms with Crippen LogP contribution in [-0.2, 0) is 0 Å². The van der Waals surface area contributed by atoms with Crippen molar-refractivity contribution in [2.45, 2.75) is 45.4 Å². The van der Waals surface area contributed by atoms with Gasteiger partial charge in [-0.1, -0.05) is 92.0 Å². The van der Waals surface area contributed by atoms with E-state index in [0.29, 0.717) is 0 Å². The van der Waals surface area contributed by atoms with Crippen LogP contribution in [0.2, 0.25) is 0 Å². The van der Waals surface area contributed by atoms with Crippen molar-refractivity contribution in [2.75, 3.05) is 6.61 Å². The van der Waals surface area contributed by atoms with Gasteiger partial charge in [0.1, 0.15) is 0 Å². The smallest absolute Gasteiger partial charge is 0.0615 e. The molecule has 0 radical (unpaired) electrons. The molecule has 0 fully saturated rings. The van der Waals surface area contributed by atoms with E-state index in [9.17, 15) is 0 Å². The molecule has 1 N–H and O–H groups in total. The summed E-state index contributed by atoms with van der Waals surface area (Å²) in [5.74, 6) is 0. The highest BCUT2D eigenvalue weighted by Gasteiger charge is 1.75. The van der Waals surface area contributed by atoms with Gasteiger partial charge in [-0.05, 0) is 38.5 Å². The maximum Gasteiger partial charge on any atom is 0.0615 e. The molecule has 0 unspecified atom stereocenters. The van der Waals surface area contributed by atoms with Gasteiger partial charge in [0.25, 0.3) is 0 Å². The Morgan fingerprint density at radius 3 is 1.22 bits per heavy atom. The predicted molar refractivity (Wildman–Crippen MR) is 104 cm³/mol. The minimum absolute atomic E-state index is 0.103. The Morgan fingerprint density at radius 1 is 0.478 bits per heavy atom. The fraction of sp³-hybridized carbons (Fsp3) is 0.364. The summed E-state index contributed by atoms with van der Waals surface area (Å²) in [7, 11) is 0. The van der Waals surface area contributed by atoms with Crippen LogP contribution in [0.25, 0.3) is 0 Å². The third kappa shape index (κ3) is 20.1. The molecule has 0 spiro atoms. The molecule has 1 heteroatoms. The van der Waals surface area contributed by atoms with Crippen molar-refractivity contribution in [2.24, 2.45) is 0 Å². The minimum atomic E-state index is 0.103. The normalized spacial score (nSPS) is 13.7. The average molecular weight is 312 g/mol. The quantitative estimate of drug-likeness (QED) is 0.315. The highest BCUT2D eigenvalue weighted by Crippen LogP contribution is 1.96. The molecule has 0 amide bonds. The molecule has 126 valence electrons. The third-order valence-corrected chi connectivity index (χ3v) is 2.92. The minimum Gasteiger partial charge on any atom is -0.392 e. The summed E-state index contributed by atoms with van der Waals surface area (Å²) in [5, 5.41) is 8.56. The summed E-state index contributed by atoms with van der Waals surface area (Å²) in [6.45, 7) is 2.26. The lowest BCUT2D eigenvalue weighted by Gasteiger charge is -1.85. The molecule has 0 aliphatic heterocycles. The molecule has 0 rings (SSSR count). The van der Waals surface area contributed by atoms with Gasteiger partial charge in [-0.3, -0.25) is 0 Å². The van der Waals surface area contributed by atoms with Crippen molar-refractivity contribution < 1.29 is 5.11 Å². The third-order valence-electron chi connectivity index (χ3n) is 2.92. The summed E-state index contributed by atoms with van der Waals surface area (Å²) in [6.07, 6.45) is 35.7. The van der Waals surface area contributed by atoms with E-state index < -0.39 is 0 Å². The standard InChI is InChI=1S/C22H32O/c1-2-3-4-5-6-7-8-9-10-11-12-13-14-15-16-17-18-19-20-21-22-23/h3-4,6-7,9-10,12-13,15-16,18-21,23H,2,5,8,11,14,17,22H2,1H3/b4-3-,7-6-,10-9-,13-12-,16-15-,19-18+,21-20+. The second-order valence-electron chi connectivity index (χ2n) is 4.98. The number of aliphatic hydroxyl groups excluding tert-OH is 1. The number of hydrogen-bond donors (Lipinski definition) is 1. The summed E-state index contributed by atoms with van der Waals surface area (Å²) < 4.78 is 0. The van der Waals surface area contributed by atoms with Crippen LogP contribution < -0.4 is 0 Å². The van der Waals surface area contributed by atoms with Crippen LogP contribution in [-0.4, -0.2) is 11.7 Å². The lowest BCUT2D eigenvalue weighted by atomic mass is 10.2. The zero-order valence-electron chi connectivity index (χ0n) is 14.5. The Hall–Kier alpha value is -1.86. The fourth-order valence-electron chi connectivity index (χ4n) is 1.72. The maximum atomic E-state index is 8.56. The molecule has 0 aliphatic rings. The molecule has 1 nitrogen and oxygen atoms in total. The van der Waals surface area contributed by atoms with Crippen molar-refractivity contribution in [3.05, 3.63) is 85.1 Å². The first-order valence-electron chi connectivity index (χ1n) is 8.59. The first kappa shape index (κ1) is 21.1. The molecule has 0 aromatic rings. The summed E-state index contributed by atoms with van der Waals surface area (Å²) in [5.41, 5.74) is 0. The highest BCUT2D eigenvalue weighted by molar-refractivity contribution is 5.06. The fourth-order valence-corrected chi connectivity index (χ4v) is 1.72. The lowest BCUT2D eigenvalue weighted by Crippen LogP contribution is -1.67. The van der Waals surface area contributed by atoms with E-state index in [2.05, 4.69) is 73.8 Å². The van der Waals surface area contributed by atoms with Gasteiger partial charge in [0, 0.05) is 0 Å². The average Bonchev–Trinajstić information content (AvgIpc) is 2.57. The van der Waals surface area contributed by atoms with E-state index in [1.165, 1.54) is 0 Å². The number of hydrogen-bond acceptors (Lipinski definition) is 1. The topological polar surface area (TPSA) is 20.2 Å². The first-order chi connectivity index (χ1) is 11.4. The molecular formula is C22H32O. The van der Waals surface area contributed by atoms with Crippen LogP contribution in [0.5, 0.6) is 0 Å². The molecule has 0 saturated carbocycles. The van der Waals surface area contributed by atoms with E-state index in [0.717, 1.165) is 38.5 Å². The Bertz CT molecular complexity index is 431. The van der Waals surface area contributed by atoms with E-state index >= 15 is 0 Å². The second kappa shape index (κ2) is 20.1. The van der Waals surface area contributed by atoms with Gasteiger partial charge in [-0.2, -0.15) is 0 Å². The van der Waals surface area contributed by atoms with Crippen LogP contribution in [0.3, 0.4) is 0 Å². The van der Waals surface area contributed by atoms with E-state index in [1.54, 1.807) is 6.08 Å². The summed E-state index contributed by atoms with van der Waals surface area (Å²) in [6, 6.07) is 0. The second-order valence-corrected chi connectivity index (χ2v) is 4.98. The monoisotopic (exact) mass is 312 g/mol. The SMILES string of the molecule is CC/C=C\C/C=C\C/C=C\C/C=C\C/C=C\C/C=C/C=C/CO. The molecule has 0 atom stereocenters. The Balaban J connectivity index is 3.52. The molecule has 0 aromatic heterocycles. The molecule has 0 bridgehead atoms. The van der Waals surface area contributed by atoms with E-state index in [1.807, 2.05) is 12.2 Å². The van der Waals surface area contributed by atoms with Crippen LogP contribution in [0.1, 0.15) is 45.4 Å². The van der Waals surface area contributed by atoms with Crippen LogP contribution in [0, 0.1) is 0 Å². The van der Waals surface area contributed by atoms with Crippen molar-refractivity contribution in [3.8, 4) is 0 Å². The molecule has 0 heterocycles. The molecule has 0 aromatic carbocycles. The van der Waals surface area contributed by atoms with Crippen molar-refractivity contribution in [1.29, 1.82) is 0 Å². The summed E-state index contributed by atoms with van der Waals surface area (Å²) >= 11 is 0. The lowest BCUT2D eigenvalue weighted by molar-refractivity contribution is 0.343. The van der Waals surface area contributed by atoms with Crippen LogP contribution in [0.15, 0.2) is 85.1 Å². The van der Waals surface area contributed by atoms with Gasteiger partial charge in [0.05, 0.1) is 6.61 Å². The van der Waals surface area contributed by atoms with Gasteiger partial charge in [0.15, 0.2) is 0 Å². The van der Waals surface area contributed by atoms with E-state index in [-0.39, 0.29) is 6.61 Å². The van der Waals surface area contributed by atoms with Gasteiger partial charge >= 0.3 is 0 Å². The zero-order valence-corrected chi connectivity index (χ0v) is 14.5. The number of rotatable bonds is 13. The summed E-state index contributed by atoms with van der Waals surface area (Å²) in [4.78, 5) is 0. The molecule has 0 aliphatic carbocycles. The largest absolute Gasteiger partial charge is 0.392 e. The van der Waals surface area contributed by atoms with Crippen molar-refractivity contribution >= 4 is 0 Å². The first-order valence-corrected chi connectivity index (χ1v) is 8.59. The van der Waals surface area contributed by atoms with Crippen molar-refractivity contribution in [1.82, 2.24) is 0 Å². The van der Waals surface area contributed by atoms with E-state index in [4.69, 9.17) is 5.11 Å². The van der Waals surface area contributed by atoms with Crippen LogP contribution >= 0.6 is 0 Å². The predicted octanol–water partition coefficient (Wildman–Crippen LogP) is 6.23. The number of allylic oxidation sites excluding steroid dienone is 13.